The SMILES string of the molecule is CS(=O)(=O)CC(=O)NCC1=C(c2ccc(C(F)F)cn2)C[C@@](c2ccc(OCCCC(F)(F)F)cc2)(C(F)(F)F)NC1=O. The number of alkyl halides is 8. The molecule has 1 aliphatic heterocycles. The minimum absolute atomic E-state index is 0.0281. The van der Waals surface area contributed by atoms with E-state index in [1.165, 1.54) is 0 Å². The lowest BCUT2D eigenvalue weighted by molar-refractivity contribution is -0.201. The molecule has 0 radical (unpaired) electrons. The summed E-state index contributed by atoms with van der Waals surface area (Å²) in [6, 6.07) is 6.01. The van der Waals surface area contributed by atoms with Crippen molar-refractivity contribution in [2.45, 2.75) is 43.6 Å². The maximum Gasteiger partial charge on any atom is 0.416 e. The number of ether oxygens (including phenoxy) is 1. The lowest BCUT2D eigenvalue weighted by Gasteiger charge is -2.41. The number of hydrogen-bond acceptors (Lipinski definition) is 6. The van der Waals surface area contributed by atoms with Crippen molar-refractivity contribution < 1.29 is 57.9 Å². The van der Waals surface area contributed by atoms with Gasteiger partial charge in [-0.2, -0.15) is 26.3 Å². The first kappa shape index (κ1) is 33.7. The van der Waals surface area contributed by atoms with Gasteiger partial charge >= 0.3 is 12.4 Å². The minimum Gasteiger partial charge on any atom is -0.494 e. The summed E-state index contributed by atoms with van der Waals surface area (Å²) in [5.41, 5.74) is -5.15. The normalized spacial score (nSPS) is 18.0. The summed E-state index contributed by atoms with van der Waals surface area (Å²) in [7, 11) is -3.78. The topological polar surface area (TPSA) is 114 Å². The van der Waals surface area contributed by atoms with Crippen LogP contribution in [0.25, 0.3) is 5.57 Å². The second kappa shape index (κ2) is 12.9. The zero-order valence-electron chi connectivity index (χ0n) is 22.3. The number of nitrogens with zero attached hydrogens (tertiary/aromatic N) is 1. The van der Waals surface area contributed by atoms with Crippen LogP contribution < -0.4 is 15.4 Å². The van der Waals surface area contributed by atoms with E-state index < -0.39 is 87.8 Å². The summed E-state index contributed by atoms with van der Waals surface area (Å²) in [6.07, 6.45) is -13.5. The molecule has 2 amide bonds. The Balaban J connectivity index is 2.00. The molecule has 0 fully saturated rings. The molecule has 0 bridgehead atoms. The summed E-state index contributed by atoms with van der Waals surface area (Å²) in [6.45, 7) is -1.06. The van der Waals surface area contributed by atoms with Gasteiger partial charge in [-0.3, -0.25) is 14.6 Å². The van der Waals surface area contributed by atoms with Crippen LogP contribution in [0.3, 0.4) is 0 Å². The molecule has 0 spiro atoms. The smallest absolute Gasteiger partial charge is 0.416 e. The number of hydrogen-bond donors (Lipinski definition) is 2. The average Bonchev–Trinajstić information content (AvgIpc) is 2.88. The fourth-order valence-electron chi connectivity index (χ4n) is 4.25. The lowest BCUT2D eigenvalue weighted by Crippen LogP contribution is -2.59. The van der Waals surface area contributed by atoms with Crippen LogP contribution in [0, 0.1) is 0 Å². The van der Waals surface area contributed by atoms with E-state index in [0.29, 0.717) is 0 Å². The van der Waals surface area contributed by atoms with Crippen molar-refractivity contribution in [3.8, 4) is 5.75 Å². The van der Waals surface area contributed by atoms with Crippen molar-refractivity contribution in [3.63, 3.8) is 0 Å². The fourth-order valence-corrected chi connectivity index (χ4v) is 4.83. The summed E-state index contributed by atoms with van der Waals surface area (Å²) < 4.78 is 135. The molecule has 0 saturated heterocycles. The highest BCUT2D eigenvalue weighted by Gasteiger charge is 2.59. The molecular weight excluding hydrogens is 618 g/mol. The van der Waals surface area contributed by atoms with E-state index in [1.807, 2.05) is 5.32 Å². The third-order valence-electron chi connectivity index (χ3n) is 6.31. The van der Waals surface area contributed by atoms with E-state index in [1.54, 1.807) is 0 Å². The summed E-state index contributed by atoms with van der Waals surface area (Å²) in [4.78, 5) is 29.1. The van der Waals surface area contributed by atoms with E-state index in [2.05, 4.69) is 10.3 Å². The lowest BCUT2D eigenvalue weighted by atomic mass is 9.77. The van der Waals surface area contributed by atoms with Gasteiger partial charge in [-0.25, -0.2) is 17.2 Å². The van der Waals surface area contributed by atoms with Crippen LogP contribution in [0.2, 0.25) is 0 Å². The molecule has 0 aliphatic carbocycles. The van der Waals surface area contributed by atoms with Crippen LogP contribution in [0.1, 0.15) is 42.5 Å². The van der Waals surface area contributed by atoms with Crippen molar-refractivity contribution >= 4 is 27.2 Å². The number of halogens is 8. The van der Waals surface area contributed by atoms with Gasteiger partial charge in [0.25, 0.3) is 6.43 Å². The van der Waals surface area contributed by atoms with Gasteiger partial charge in [-0.1, -0.05) is 12.1 Å². The molecule has 2 heterocycles. The van der Waals surface area contributed by atoms with Gasteiger partial charge in [0.05, 0.1) is 12.3 Å². The first-order chi connectivity index (χ1) is 19.8. The first-order valence-electron chi connectivity index (χ1n) is 12.4. The van der Waals surface area contributed by atoms with E-state index in [-0.39, 0.29) is 30.0 Å². The molecule has 1 aromatic carbocycles. The van der Waals surface area contributed by atoms with Crippen LogP contribution in [0.15, 0.2) is 48.2 Å². The standard InChI is InChI=1S/C26H25F8N3O5S/c1-43(40,41)14-21(38)36-13-19-18(20-8-3-15(12-35-20)22(27)28)11-24(26(32,33)34,37-23(19)39)16-4-6-17(7-5-16)42-10-2-9-25(29,30)31/h3-8,12,22H,2,9-11,13-14H2,1H3,(H,36,38)(H,37,39)/t24-/m1/s1. The zero-order valence-corrected chi connectivity index (χ0v) is 23.1. The van der Waals surface area contributed by atoms with Gasteiger partial charge in [0.15, 0.2) is 15.4 Å². The molecule has 236 valence electrons. The molecule has 43 heavy (non-hydrogen) atoms. The Kier molecular flexibility index (Phi) is 10.1. The molecule has 1 aromatic heterocycles. The third kappa shape index (κ3) is 8.87. The van der Waals surface area contributed by atoms with Crippen LogP contribution >= 0.6 is 0 Å². The molecule has 17 heteroatoms. The summed E-state index contributed by atoms with van der Waals surface area (Å²) >= 11 is 0. The molecule has 8 nitrogen and oxygen atoms in total. The van der Waals surface area contributed by atoms with Gasteiger partial charge in [-0.15, -0.1) is 0 Å². The number of carbonyl (C=O) groups excluding carboxylic acids is 2. The Morgan fingerprint density at radius 1 is 1.09 bits per heavy atom. The monoisotopic (exact) mass is 643 g/mol. The average molecular weight is 644 g/mol. The largest absolute Gasteiger partial charge is 0.494 e. The number of pyridine rings is 1. The van der Waals surface area contributed by atoms with E-state index in [0.717, 1.165) is 48.9 Å². The van der Waals surface area contributed by atoms with Gasteiger partial charge in [0.2, 0.25) is 11.8 Å². The maximum atomic E-state index is 14.8. The fraction of sp³-hybridized carbons (Fsp3) is 0.423. The van der Waals surface area contributed by atoms with Crippen molar-refractivity contribution in [2.24, 2.45) is 0 Å². The van der Waals surface area contributed by atoms with Crippen molar-refractivity contribution in [2.75, 3.05) is 25.2 Å². The minimum atomic E-state index is -5.16. The molecule has 0 saturated carbocycles. The number of amides is 2. The van der Waals surface area contributed by atoms with Gasteiger partial charge in [0, 0.05) is 43.0 Å². The van der Waals surface area contributed by atoms with Gasteiger partial charge in [-0.05, 0) is 41.8 Å². The van der Waals surface area contributed by atoms with Crippen LogP contribution in [-0.2, 0) is 25.0 Å². The van der Waals surface area contributed by atoms with Crippen LogP contribution in [0.5, 0.6) is 5.75 Å². The highest BCUT2D eigenvalue weighted by molar-refractivity contribution is 7.91. The van der Waals surface area contributed by atoms with Crippen molar-refractivity contribution in [1.29, 1.82) is 0 Å². The van der Waals surface area contributed by atoms with Gasteiger partial charge in [0.1, 0.15) is 11.5 Å². The Labute approximate surface area is 240 Å². The Morgan fingerprint density at radius 3 is 2.26 bits per heavy atom. The number of rotatable bonds is 11. The second-order valence-electron chi connectivity index (χ2n) is 9.71. The third-order valence-corrected chi connectivity index (χ3v) is 7.10. The summed E-state index contributed by atoms with van der Waals surface area (Å²) in [5.74, 6) is -3.33. The van der Waals surface area contributed by atoms with Crippen molar-refractivity contribution in [3.05, 3.63) is 65.0 Å². The zero-order chi connectivity index (χ0) is 32.2. The Bertz CT molecular complexity index is 1460. The number of aromatic nitrogens is 1. The van der Waals surface area contributed by atoms with Crippen molar-refractivity contribution in [1.82, 2.24) is 15.6 Å². The van der Waals surface area contributed by atoms with Crippen LogP contribution in [-0.4, -0.2) is 62.7 Å². The Hall–Kier alpha value is -3.76. The maximum absolute atomic E-state index is 14.8. The highest BCUT2D eigenvalue weighted by Crippen LogP contribution is 2.48. The number of carbonyl (C=O) groups is 2. The van der Waals surface area contributed by atoms with E-state index in [9.17, 15) is 53.1 Å². The first-order valence-corrected chi connectivity index (χ1v) is 14.5. The highest BCUT2D eigenvalue weighted by atomic mass is 32.2. The molecule has 2 aromatic rings. The summed E-state index contributed by atoms with van der Waals surface area (Å²) in [5, 5.41) is 4.08. The number of benzene rings is 1. The van der Waals surface area contributed by atoms with E-state index >= 15 is 0 Å². The number of sulfone groups is 1. The van der Waals surface area contributed by atoms with Crippen LogP contribution in [0.4, 0.5) is 35.1 Å². The molecule has 0 unspecified atom stereocenters. The number of nitrogens with one attached hydrogen (secondary N) is 2. The molecular formula is C26H25F8N3O5S. The molecule has 2 N–H and O–H groups in total. The molecule has 1 aliphatic rings. The van der Waals surface area contributed by atoms with Gasteiger partial charge < -0.3 is 15.4 Å². The Morgan fingerprint density at radius 2 is 1.74 bits per heavy atom. The second-order valence-corrected chi connectivity index (χ2v) is 11.8. The quantitative estimate of drug-likeness (QED) is 0.273. The predicted octanol–water partition coefficient (Wildman–Crippen LogP) is 4.63. The van der Waals surface area contributed by atoms with E-state index in [4.69, 9.17) is 4.74 Å². The molecule has 3 rings (SSSR count). The molecule has 1 atom stereocenters. The predicted molar refractivity (Wildman–Crippen MR) is 137 cm³/mol.